The number of rotatable bonds is 4. The fraction of sp³-hybridized carbons (Fsp3) is 0.133. The highest BCUT2D eigenvalue weighted by Gasteiger charge is 2.29. The largest absolute Gasteiger partial charge is 0.452 e. The van der Waals surface area contributed by atoms with Crippen LogP contribution in [0.25, 0.3) is 0 Å². The Bertz CT molecular complexity index is 748. The van der Waals surface area contributed by atoms with Gasteiger partial charge in [-0.1, -0.05) is 0 Å². The zero-order valence-corrected chi connectivity index (χ0v) is 13.5. The average molecular weight is 403 g/mol. The lowest BCUT2D eigenvalue weighted by Gasteiger charge is -2.09. The highest BCUT2D eigenvalue weighted by molar-refractivity contribution is 9.10. The predicted molar refractivity (Wildman–Crippen MR) is 82.3 cm³/mol. The number of carbonyl (C=O) groups is 2. The molecule has 126 valence electrons. The number of carbonyl (C=O) groups excluding carboxylic acids is 2. The summed E-state index contributed by atoms with van der Waals surface area (Å²) in [5.41, 5.74) is -0.506. The first-order chi connectivity index (χ1) is 11.3. The van der Waals surface area contributed by atoms with E-state index in [-0.39, 0.29) is 11.3 Å². The molecule has 24 heavy (non-hydrogen) atoms. The van der Waals surface area contributed by atoms with Gasteiger partial charge in [-0.25, -0.2) is 4.79 Å². The number of alkyl halides is 3. The van der Waals surface area contributed by atoms with E-state index in [1.807, 2.05) is 0 Å². The van der Waals surface area contributed by atoms with Gasteiger partial charge in [-0.15, -0.1) is 0 Å². The van der Waals surface area contributed by atoms with Gasteiger partial charge in [0.05, 0.1) is 11.1 Å². The molecule has 2 rings (SSSR count). The van der Waals surface area contributed by atoms with E-state index in [1.54, 1.807) is 0 Å². The Labute approximate surface area is 143 Å². The van der Waals surface area contributed by atoms with E-state index >= 15 is 0 Å². The first-order valence-corrected chi connectivity index (χ1v) is 7.30. The van der Waals surface area contributed by atoms with Crippen LogP contribution in [0.4, 0.5) is 18.9 Å². The van der Waals surface area contributed by atoms with Gasteiger partial charge in [0, 0.05) is 22.6 Å². The average Bonchev–Trinajstić information content (AvgIpc) is 2.52. The van der Waals surface area contributed by atoms with Crippen molar-refractivity contribution in [3.63, 3.8) is 0 Å². The molecule has 0 radical (unpaired) electrons. The third kappa shape index (κ3) is 5.05. The molecule has 0 unspecified atom stereocenters. The van der Waals surface area contributed by atoms with E-state index in [2.05, 4.69) is 26.2 Å². The topological polar surface area (TPSA) is 68.3 Å². The quantitative estimate of drug-likeness (QED) is 0.792. The highest BCUT2D eigenvalue weighted by atomic mass is 79.9. The van der Waals surface area contributed by atoms with Crippen LogP contribution >= 0.6 is 15.9 Å². The fourth-order valence-corrected chi connectivity index (χ4v) is 2.04. The molecule has 0 saturated heterocycles. The molecule has 2 aromatic rings. The van der Waals surface area contributed by atoms with Crippen LogP contribution in [-0.4, -0.2) is 23.5 Å². The number of benzene rings is 1. The molecule has 0 spiro atoms. The molecular weight excluding hydrogens is 393 g/mol. The number of hydrogen-bond acceptors (Lipinski definition) is 4. The number of hydrogen-bond donors (Lipinski definition) is 1. The number of anilines is 1. The number of halogens is 4. The maximum Gasteiger partial charge on any atom is 0.416 e. The minimum atomic E-state index is -4.45. The molecule has 1 N–H and O–H groups in total. The molecule has 0 atom stereocenters. The summed E-state index contributed by atoms with van der Waals surface area (Å²) in [6.45, 7) is -0.577. The second kappa shape index (κ2) is 7.43. The number of nitrogens with one attached hydrogen (secondary N) is 1. The summed E-state index contributed by atoms with van der Waals surface area (Å²) in [6, 6.07) is 5.38. The first kappa shape index (κ1) is 17.9. The van der Waals surface area contributed by atoms with Crippen molar-refractivity contribution in [2.45, 2.75) is 6.18 Å². The van der Waals surface area contributed by atoms with Gasteiger partial charge >= 0.3 is 12.1 Å². The summed E-state index contributed by atoms with van der Waals surface area (Å²) in [4.78, 5) is 27.2. The summed E-state index contributed by atoms with van der Waals surface area (Å²) in [5.74, 6) is -1.42. The highest BCUT2D eigenvalue weighted by Crippen LogP contribution is 2.29. The van der Waals surface area contributed by atoms with Gasteiger partial charge in [-0.3, -0.25) is 9.78 Å². The normalized spacial score (nSPS) is 11.0. The van der Waals surface area contributed by atoms with Gasteiger partial charge in [0.25, 0.3) is 5.91 Å². The Hall–Kier alpha value is -2.42. The van der Waals surface area contributed by atoms with Crippen molar-refractivity contribution in [3.05, 3.63) is 58.3 Å². The van der Waals surface area contributed by atoms with Gasteiger partial charge in [-0.05, 0) is 46.3 Å². The van der Waals surface area contributed by atoms with Crippen molar-refractivity contribution in [2.24, 2.45) is 0 Å². The lowest BCUT2D eigenvalue weighted by molar-refractivity contribution is -0.137. The van der Waals surface area contributed by atoms with Crippen molar-refractivity contribution in [2.75, 3.05) is 11.9 Å². The molecule has 0 fully saturated rings. The third-order valence-corrected chi connectivity index (χ3v) is 3.20. The molecule has 1 aromatic heterocycles. The second-order valence-electron chi connectivity index (χ2n) is 4.59. The van der Waals surface area contributed by atoms with Crippen molar-refractivity contribution in [1.82, 2.24) is 4.98 Å². The molecule has 1 aromatic carbocycles. The second-order valence-corrected chi connectivity index (χ2v) is 5.51. The molecule has 0 bridgehead atoms. The van der Waals surface area contributed by atoms with Gasteiger partial charge in [0.15, 0.2) is 6.61 Å². The molecule has 0 aliphatic heterocycles. The Morgan fingerprint density at radius 1 is 1.17 bits per heavy atom. The number of aromatic nitrogens is 1. The van der Waals surface area contributed by atoms with Crippen LogP contribution in [0.2, 0.25) is 0 Å². The Morgan fingerprint density at radius 2 is 1.83 bits per heavy atom. The monoisotopic (exact) mass is 402 g/mol. The number of esters is 1. The van der Waals surface area contributed by atoms with Crippen molar-refractivity contribution >= 4 is 33.5 Å². The Morgan fingerprint density at radius 3 is 2.42 bits per heavy atom. The first-order valence-electron chi connectivity index (χ1n) is 6.50. The number of amides is 1. The zero-order valence-electron chi connectivity index (χ0n) is 11.9. The summed E-state index contributed by atoms with van der Waals surface area (Å²) < 4.78 is 42.7. The van der Waals surface area contributed by atoms with Gasteiger partial charge in [-0.2, -0.15) is 13.2 Å². The van der Waals surface area contributed by atoms with E-state index in [1.165, 1.54) is 18.5 Å². The van der Waals surface area contributed by atoms with Crippen LogP contribution in [0.3, 0.4) is 0 Å². The van der Waals surface area contributed by atoms with Crippen LogP contribution in [0.15, 0.2) is 47.2 Å². The van der Waals surface area contributed by atoms with E-state index < -0.39 is 30.2 Å². The maximum absolute atomic E-state index is 12.4. The van der Waals surface area contributed by atoms with E-state index in [4.69, 9.17) is 4.74 Å². The molecular formula is C15H10BrF3N2O3. The van der Waals surface area contributed by atoms with Gasteiger partial charge in [0.1, 0.15) is 0 Å². The van der Waals surface area contributed by atoms with Gasteiger partial charge < -0.3 is 10.1 Å². The van der Waals surface area contributed by atoms with E-state index in [0.29, 0.717) is 4.47 Å². The van der Waals surface area contributed by atoms with Crippen LogP contribution in [0, 0.1) is 0 Å². The molecule has 0 saturated carbocycles. The van der Waals surface area contributed by atoms with E-state index in [9.17, 15) is 22.8 Å². The molecule has 1 heterocycles. The van der Waals surface area contributed by atoms with Crippen molar-refractivity contribution in [1.29, 1.82) is 0 Å². The Balaban J connectivity index is 1.88. The number of ether oxygens (including phenoxy) is 1. The minimum absolute atomic E-state index is 0.159. The maximum atomic E-state index is 12.4. The standard InChI is InChI=1S/C15H10BrF3N2O3/c16-11-5-9(6-20-7-11)14(23)24-8-13(22)21-12-3-1-10(2-4-12)15(17,18)19/h1-7H,8H2,(H,21,22). The minimum Gasteiger partial charge on any atom is -0.452 e. The van der Waals surface area contributed by atoms with Crippen LogP contribution in [-0.2, 0) is 15.7 Å². The number of pyridine rings is 1. The molecule has 0 aliphatic carbocycles. The summed E-state index contributed by atoms with van der Waals surface area (Å²) >= 11 is 3.14. The molecule has 5 nitrogen and oxygen atoms in total. The fourth-order valence-electron chi connectivity index (χ4n) is 1.68. The molecule has 9 heteroatoms. The smallest absolute Gasteiger partial charge is 0.416 e. The zero-order chi connectivity index (χ0) is 17.7. The number of nitrogens with zero attached hydrogens (tertiary/aromatic N) is 1. The van der Waals surface area contributed by atoms with Gasteiger partial charge in [0.2, 0.25) is 0 Å². The summed E-state index contributed by atoms with van der Waals surface area (Å²) in [5, 5.41) is 2.33. The summed E-state index contributed by atoms with van der Waals surface area (Å²) in [6.07, 6.45) is -1.69. The van der Waals surface area contributed by atoms with Crippen LogP contribution in [0.5, 0.6) is 0 Å². The van der Waals surface area contributed by atoms with Crippen LogP contribution < -0.4 is 5.32 Å². The van der Waals surface area contributed by atoms with E-state index in [0.717, 1.165) is 24.3 Å². The van der Waals surface area contributed by atoms with Crippen LogP contribution in [0.1, 0.15) is 15.9 Å². The predicted octanol–water partition coefficient (Wildman–Crippen LogP) is 3.66. The van der Waals surface area contributed by atoms with Crippen molar-refractivity contribution in [3.8, 4) is 0 Å². The lowest BCUT2D eigenvalue weighted by atomic mass is 10.2. The lowest BCUT2D eigenvalue weighted by Crippen LogP contribution is -2.21. The molecule has 0 aliphatic rings. The third-order valence-electron chi connectivity index (χ3n) is 2.77. The molecule has 1 amide bonds. The Kier molecular flexibility index (Phi) is 5.55. The van der Waals surface area contributed by atoms with Crippen molar-refractivity contribution < 1.29 is 27.5 Å². The summed E-state index contributed by atoms with van der Waals surface area (Å²) in [7, 11) is 0. The SMILES string of the molecule is O=C(COC(=O)c1cncc(Br)c1)Nc1ccc(C(F)(F)F)cc1.